The summed E-state index contributed by atoms with van der Waals surface area (Å²) in [6.07, 6.45) is 2.42. The van der Waals surface area contributed by atoms with E-state index < -0.39 is 0 Å². The SMILES string of the molecule is Cc1occc1C(=O)N1CCC(Cl)C(C)C1. The van der Waals surface area contributed by atoms with Gasteiger partial charge in [0.2, 0.25) is 0 Å². The molecule has 1 aromatic rings. The van der Waals surface area contributed by atoms with Crippen LogP contribution in [0.4, 0.5) is 0 Å². The van der Waals surface area contributed by atoms with Crippen LogP contribution in [0.15, 0.2) is 16.7 Å². The minimum absolute atomic E-state index is 0.0571. The van der Waals surface area contributed by atoms with E-state index in [1.54, 1.807) is 12.3 Å². The van der Waals surface area contributed by atoms with Crippen LogP contribution in [0.5, 0.6) is 0 Å². The second-order valence-electron chi connectivity index (χ2n) is 4.42. The maximum absolute atomic E-state index is 12.2. The minimum atomic E-state index is 0.0571. The lowest BCUT2D eigenvalue weighted by Gasteiger charge is -2.34. The van der Waals surface area contributed by atoms with Crippen LogP contribution in [0.3, 0.4) is 0 Å². The van der Waals surface area contributed by atoms with Crippen LogP contribution in [0.1, 0.15) is 29.5 Å². The van der Waals surface area contributed by atoms with Gasteiger partial charge in [-0.2, -0.15) is 0 Å². The zero-order chi connectivity index (χ0) is 11.7. The Hall–Kier alpha value is -0.960. The van der Waals surface area contributed by atoms with Gasteiger partial charge >= 0.3 is 0 Å². The summed E-state index contributed by atoms with van der Waals surface area (Å²) in [6.45, 7) is 5.36. The Morgan fingerprint density at radius 1 is 1.62 bits per heavy atom. The van der Waals surface area contributed by atoms with E-state index in [1.165, 1.54) is 0 Å². The highest BCUT2D eigenvalue weighted by Crippen LogP contribution is 2.23. The molecule has 1 amide bonds. The van der Waals surface area contributed by atoms with Crippen molar-refractivity contribution < 1.29 is 9.21 Å². The predicted octanol–water partition coefficient (Wildman–Crippen LogP) is 2.68. The number of rotatable bonds is 1. The van der Waals surface area contributed by atoms with Crippen LogP contribution in [-0.4, -0.2) is 29.3 Å². The van der Waals surface area contributed by atoms with Gasteiger partial charge in [-0.25, -0.2) is 0 Å². The summed E-state index contributed by atoms with van der Waals surface area (Å²) in [4.78, 5) is 14.0. The van der Waals surface area contributed by atoms with Gasteiger partial charge in [0.1, 0.15) is 5.76 Å². The largest absolute Gasteiger partial charge is 0.469 e. The third kappa shape index (κ3) is 2.09. The quantitative estimate of drug-likeness (QED) is 0.709. The summed E-state index contributed by atoms with van der Waals surface area (Å²) < 4.78 is 5.15. The Morgan fingerprint density at radius 2 is 2.38 bits per heavy atom. The molecule has 3 nitrogen and oxygen atoms in total. The van der Waals surface area contributed by atoms with Crippen molar-refractivity contribution in [2.75, 3.05) is 13.1 Å². The van der Waals surface area contributed by atoms with Crippen molar-refractivity contribution >= 4 is 17.5 Å². The number of hydrogen-bond acceptors (Lipinski definition) is 2. The van der Waals surface area contributed by atoms with Crippen molar-refractivity contribution in [1.29, 1.82) is 0 Å². The van der Waals surface area contributed by atoms with Gasteiger partial charge in [-0.15, -0.1) is 11.6 Å². The first kappa shape index (κ1) is 11.5. The number of piperidine rings is 1. The van der Waals surface area contributed by atoms with Crippen LogP contribution in [0.2, 0.25) is 0 Å². The fraction of sp³-hybridized carbons (Fsp3) is 0.583. The lowest BCUT2D eigenvalue weighted by atomic mass is 9.99. The number of carbonyl (C=O) groups is 1. The molecular weight excluding hydrogens is 226 g/mol. The van der Waals surface area contributed by atoms with Gasteiger partial charge in [0.25, 0.3) is 5.91 Å². The van der Waals surface area contributed by atoms with Crippen LogP contribution in [-0.2, 0) is 0 Å². The number of alkyl halides is 1. The normalized spacial score (nSPS) is 25.8. The van der Waals surface area contributed by atoms with Crippen molar-refractivity contribution in [3.05, 3.63) is 23.7 Å². The number of aryl methyl sites for hydroxylation is 1. The van der Waals surface area contributed by atoms with Gasteiger partial charge in [0, 0.05) is 18.5 Å². The molecule has 4 heteroatoms. The van der Waals surface area contributed by atoms with Gasteiger partial charge in [0.05, 0.1) is 11.8 Å². The zero-order valence-electron chi connectivity index (χ0n) is 9.57. The Bertz CT molecular complexity index is 388. The molecule has 88 valence electrons. The summed E-state index contributed by atoms with van der Waals surface area (Å²) in [5, 5.41) is 0.189. The van der Waals surface area contributed by atoms with E-state index in [0.29, 0.717) is 17.2 Å². The van der Waals surface area contributed by atoms with Crippen molar-refractivity contribution in [2.24, 2.45) is 5.92 Å². The van der Waals surface area contributed by atoms with Crippen molar-refractivity contribution in [2.45, 2.75) is 25.6 Å². The molecule has 0 bridgehead atoms. The number of carbonyl (C=O) groups excluding carboxylic acids is 1. The first-order valence-electron chi connectivity index (χ1n) is 5.57. The average molecular weight is 242 g/mol. The van der Waals surface area contributed by atoms with E-state index in [-0.39, 0.29) is 11.3 Å². The van der Waals surface area contributed by atoms with Crippen LogP contribution in [0.25, 0.3) is 0 Å². The van der Waals surface area contributed by atoms with Gasteiger partial charge in [0.15, 0.2) is 0 Å². The fourth-order valence-electron chi connectivity index (χ4n) is 2.08. The topological polar surface area (TPSA) is 33.5 Å². The molecule has 0 spiro atoms. The predicted molar refractivity (Wildman–Crippen MR) is 62.8 cm³/mol. The highest BCUT2D eigenvalue weighted by molar-refractivity contribution is 6.20. The highest BCUT2D eigenvalue weighted by atomic mass is 35.5. The van der Waals surface area contributed by atoms with Gasteiger partial charge < -0.3 is 9.32 Å². The molecule has 2 heterocycles. The first-order valence-corrected chi connectivity index (χ1v) is 6.00. The third-order valence-electron chi connectivity index (χ3n) is 3.18. The zero-order valence-corrected chi connectivity index (χ0v) is 10.3. The standard InChI is InChI=1S/C12H16ClNO2/c1-8-7-14(5-3-11(8)13)12(15)10-4-6-16-9(10)2/h4,6,8,11H,3,5,7H2,1-2H3. The number of hydrogen-bond donors (Lipinski definition) is 0. The van der Waals surface area contributed by atoms with Crippen LogP contribution in [0, 0.1) is 12.8 Å². The molecule has 1 fully saturated rings. The first-order chi connectivity index (χ1) is 7.59. The molecule has 1 aliphatic rings. The summed E-state index contributed by atoms with van der Waals surface area (Å²) >= 11 is 6.14. The minimum Gasteiger partial charge on any atom is -0.469 e. The number of amides is 1. The maximum Gasteiger partial charge on any atom is 0.257 e. The number of likely N-dealkylation sites (tertiary alicyclic amines) is 1. The molecule has 16 heavy (non-hydrogen) atoms. The lowest BCUT2D eigenvalue weighted by Crippen LogP contribution is -2.43. The summed E-state index contributed by atoms with van der Waals surface area (Å²) in [5.74, 6) is 1.10. The van der Waals surface area contributed by atoms with E-state index in [1.807, 2.05) is 11.8 Å². The van der Waals surface area contributed by atoms with Gasteiger partial charge in [-0.1, -0.05) is 6.92 Å². The van der Waals surface area contributed by atoms with Crippen LogP contribution >= 0.6 is 11.6 Å². The van der Waals surface area contributed by atoms with Crippen molar-refractivity contribution in [3.8, 4) is 0 Å². The van der Waals surface area contributed by atoms with Gasteiger partial charge in [-0.3, -0.25) is 4.79 Å². The second-order valence-corrected chi connectivity index (χ2v) is 4.98. The van der Waals surface area contributed by atoms with E-state index in [9.17, 15) is 4.79 Å². The maximum atomic E-state index is 12.2. The van der Waals surface area contributed by atoms with E-state index >= 15 is 0 Å². The molecule has 1 aromatic heterocycles. The van der Waals surface area contributed by atoms with Crippen LogP contribution < -0.4 is 0 Å². The smallest absolute Gasteiger partial charge is 0.257 e. The Balaban J connectivity index is 2.09. The summed E-state index contributed by atoms with van der Waals surface area (Å²) in [5.41, 5.74) is 0.667. The van der Waals surface area contributed by atoms with E-state index in [2.05, 4.69) is 6.92 Å². The Labute approximate surface area is 100 Å². The highest BCUT2D eigenvalue weighted by Gasteiger charge is 2.28. The number of halogens is 1. The molecule has 1 aliphatic heterocycles. The molecule has 0 aliphatic carbocycles. The molecule has 0 N–H and O–H groups in total. The molecule has 0 radical (unpaired) electrons. The monoisotopic (exact) mass is 241 g/mol. The van der Waals surface area contributed by atoms with E-state index in [0.717, 1.165) is 19.5 Å². The number of furan rings is 1. The van der Waals surface area contributed by atoms with E-state index in [4.69, 9.17) is 16.0 Å². The molecule has 0 saturated carbocycles. The fourth-order valence-corrected chi connectivity index (χ4v) is 2.26. The average Bonchev–Trinajstić information content (AvgIpc) is 2.67. The van der Waals surface area contributed by atoms with Gasteiger partial charge in [-0.05, 0) is 25.3 Å². The molecule has 2 atom stereocenters. The second kappa shape index (κ2) is 4.50. The van der Waals surface area contributed by atoms with Crippen molar-refractivity contribution in [3.63, 3.8) is 0 Å². The Kier molecular flexibility index (Phi) is 3.24. The number of nitrogens with zero attached hydrogens (tertiary/aromatic N) is 1. The Morgan fingerprint density at radius 3 is 2.94 bits per heavy atom. The summed E-state index contributed by atoms with van der Waals surface area (Å²) in [6, 6.07) is 1.73. The molecule has 1 saturated heterocycles. The molecule has 2 unspecified atom stereocenters. The lowest BCUT2D eigenvalue weighted by molar-refractivity contribution is 0.0685. The molecular formula is C12H16ClNO2. The summed E-state index contributed by atoms with van der Waals surface area (Å²) in [7, 11) is 0. The molecule has 2 rings (SSSR count). The molecule has 0 aromatic carbocycles. The van der Waals surface area contributed by atoms with Crippen molar-refractivity contribution in [1.82, 2.24) is 4.90 Å². The third-order valence-corrected chi connectivity index (χ3v) is 3.83.